The fourth-order valence-corrected chi connectivity index (χ4v) is 1.67. The lowest BCUT2D eigenvalue weighted by Gasteiger charge is -2.06. The minimum atomic E-state index is -1.06. The molecule has 20 heavy (non-hydrogen) atoms. The third-order valence-electron chi connectivity index (χ3n) is 2.64. The highest BCUT2D eigenvalue weighted by molar-refractivity contribution is 5.97. The van der Waals surface area contributed by atoms with Crippen LogP contribution < -0.4 is 5.32 Å². The molecule has 0 aliphatic rings. The van der Waals surface area contributed by atoms with Gasteiger partial charge in [0.25, 0.3) is 5.91 Å². The Morgan fingerprint density at radius 1 is 1.25 bits per heavy atom. The van der Waals surface area contributed by atoms with Crippen LogP contribution in [0.4, 0.5) is 0 Å². The summed E-state index contributed by atoms with van der Waals surface area (Å²) in [4.78, 5) is 30.9. The Morgan fingerprint density at radius 3 is 2.70 bits per heavy atom. The summed E-state index contributed by atoms with van der Waals surface area (Å²) in [7, 11) is 0. The van der Waals surface area contributed by atoms with E-state index in [1.54, 1.807) is 25.3 Å². The second kappa shape index (κ2) is 5.92. The number of hydrogen-bond donors (Lipinski definition) is 2. The van der Waals surface area contributed by atoms with Gasteiger partial charge in [-0.15, -0.1) is 0 Å². The molecule has 1 heterocycles. The van der Waals surface area contributed by atoms with Gasteiger partial charge >= 0.3 is 5.97 Å². The van der Waals surface area contributed by atoms with E-state index in [1.807, 2.05) is 0 Å². The molecule has 2 aromatic rings. The van der Waals surface area contributed by atoms with Crippen molar-refractivity contribution in [3.63, 3.8) is 0 Å². The normalized spacial score (nSPS) is 10.1. The number of carbonyl (C=O) groups is 2. The maximum atomic E-state index is 11.9. The van der Waals surface area contributed by atoms with Crippen molar-refractivity contribution in [2.75, 3.05) is 0 Å². The van der Waals surface area contributed by atoms with Crippen molar-refractivity contribution in [2.45, 2.75) is 13.5 Å². The molecule has 102 valence electrons. The van der Waals surface area contributed by atoms with Crippen molar-refractivity contribution < 1.29 is 14.7 Å². The number of hydrogen-bond acceptors (Lipinski definition) is 4. The second-order valence-corrected chi connectivity index (χ2v) is 4.16. The first-order chi connectivity index (χ1) is 9.56. The molecule has 0 aliphatic heterocycles. The van der Waals surface area contributed by atoms with Gasteiger partial charge in [0, 0.05) is 11.8 Å². The summed E-state index contributed by atoms with van der Waals surface area (Å²) in [6, 6.07) is 7.58. The first kappa shape index (κ1) is 13.7. The molecule has 1 amide bonds. The lowest BCUT2D eigenvalue weighted by atomic mass is 10.1. The van der Waals surface area contributed by atoms with Gasteiger partial charge in [-0.25, -0.2) is 14.8 Å². The zero-order valence-corrected chi connectivity index (χ0v) is 10.8. The average molecular weight is 271 g/mol. The van der Waals surface area contributed by atoms with Crippen LogP contribution in [0.15, 0.2) is 36.5 Å². The zero-order valence-electron chi connectivity index (χ0n) is 10.8. The molecule has 0 bridgehead atoms. The van der Waals surface area contributed by atoms with Gasteiger partial charge in [-0.1, -0.05) is 6.07 Å². The van der Waals surface area contributed by atoms with Gasteiger partial charge in [-0.05, 0) is 31.2 Å². The number of carboxylic acids is 1. The van der Waals surface area contributed by atoms with Gasteiger partial charge in [-0.2, -0.15) is 0 Å². The molecule has 0 atom stereocenters. The molecule has 2 rings (SSSR count). The Labute approximate surface area is 115 Å². The number of aryl methyl sites for hydroxylation is 1. The molecule has 0 spiro atoms. The largest absolute Gasteiger partial charge is 0.478 e. The highest BCUT2D eigenvalue weighted by Crippen LogP contribution is 2.05. The maximum absolute atomic E-state index is 11.9. The van der Waals surface area contributed by atoms with E-state index in [0.717, 1.165) is 0 Å². The molecule has 1 aromatic heterocycles. The van der Waals surface area contributed by atoms with Gasteiger partial charge in [0.05, 0.1) is 17.8 Å². The van der Waals surface area contributed by atoms with Gasteiger partial charge in [-0.3, -0.25) is 4.79 Å². The van der Waals surface area contributed by atoms with Crippen molar-refractivity contribution in [1.29, 1.82) is 0 Å². The summed E-state index contributed by atoms with van der Waals surface area (Å²) in [6.45, 7) is 2.03. The van der Waals surface area contributed by atoms with E-state index in [9.17, 15) is 9.59 Å². The van der Waals surface area contributed by atoms with Crippen LogP contribution in [0.1, 0.15) is 32.2 Å². The summed E-state index contributed by atoms with van der Waals surface area (Å²) in [5, 5.41) is 11.6. The molecule has 0 aliphatic carbocycles. The number of nitrogens with one attached hydrogen (secondary N) is 1. The van der Waals surface area contributed by atoms with Crippen molar-refractivity contribution in [3.05, 3.63) is 59.2 Å². The number of benzene rings is 1. The second-order valence-electron chi connectivity index (χ2n) is 4.16. The van der Waals surface area contributed by atoms with Crippen molar-refractivity contribution >= 4 is 11.9 Å². The average Bonchev–Trinajstić information content (AvgIpc) is 2.45. The minimum Gasteiger partial charge on any atom is -0.478 e. The summed E-state index contributed by atoms with van der Waals surface area (Å²) in [5.41, 5.74) is 1.08. The van der Waals surface area contributed by atoms with Crippen LogP contribution in [0.25, 0.3) is 0 Å². The van der Waals surface area contributed by atoms with Gasteiger partial charge < -0.3 is 10.4 Å². The SMILES string of the molecule is Cc1nccc(CNC(=O)c2cccc(C(=O)O)c2)n1. The van der Waals surface area contributed by atoms with Crippen LogP contribution >= 0.6 is 0 Å². The predicted molar refractivity (Wildman–Crippen MR) is 71.3 cm³/mol. The smallest absolute Gasteiger partial charge is 0.335 e. The molecule has 0 saturated carbocycles. The maximum Gasteiger partial charge on any atom is 0.335 e. The molecule has 6 nitrogen and oxygen atoms in total. The predicted octanol–water partition coefficient (Wildman–Crippen LogP) is 1.41. The van der Waals surface area contributed by atoms with Crippen LogP contribution in [0.3, 0.4) is 0 Å². The van der Waals surface area contributed by atoms with Crippen LogP contribution in [-0.2, 0) is 6.54 Å². The molecular formula is C14H13N3O3. The third kappa shape index (κ3) is 3.38. The lowest BCUT2D eigenvalue weighted by molar-refractivity contribution is 0.0697. The summed E-state index contributed by atoms with van der Waals surface area (Å²) in [5.74, 6) is -0.778. The fraction of sp³-hybridized carbons (Fsp3) is 0.143. The van der Waals surface area contributed by atoms with Gasteiger partial charge in [0.1, 0.15) is 5.82 Å². The van der Waals surface area contributed by atoms with Gasteiger partial charge in [0.15, 0.2) is 0 Å². The van der Waals surface area contributed by atoms with Crippen molar-refractivity contribution in [2.24, 2.45) is 0 Å². The molecular weight excluding hydrogens is 258 g/mol. The highest BCUT2D eigenvalue weighted by atomic mass is 16.4. The lowest BCUT2D eigenvalue weighted by Crippen LogP contribution is -2.23. The topological polar surface area (TPSA) is 92.2 Å². The molecule has 1 aromatic carbocycles. The number of carboxylic acid groups (broad SMARTS) is 1. The number of aromatic carboxylic acids is 1. The van der Waals surface area contributed by atoms with Crippen molar-refractivity contribution in [3.8, 4) is 0 Å². The Bertz CT molecular complexity index is 656. The van der Waals surface area contributed by atoms with Crippen LogP contribution in [0.2, 0.25) is 0 Å². The molecule has 0 fully saturated rings. The Kier molecular flexibility index (Phi) is 4.05. The number of carbonyl (C=O) groups excluding carboxylic acids is 1. The van der Waals surface area contributed by atoms with Gasteiger partial charge in [0.2, 0.25) is 0 Å². The quantitative estimate of drug-likeness (QED) is 0.877. The van der Waals surface area contributed by atoms with E-state index in [0.29, 0.717) is 17.1 Å². The van der Waals surface area contributed by atoms with Crippen LogP contribution in [0, 0.1) is 6.92 Å². The minimum absolute atomic E-state index is 0.0792. The molecule has 2 N–H and O–H groups in total. The Hall–Kier alpha value is -2.76. The number of aromatic nitrogens is 2. The van der Waals surface area contributed by atoms with Crippen LogP contribution in [-0.4, -0.2) is 27.0 Å². The summed E-state index contributed by atoms with van der Waals surface area (Å²) >= 11 is 0. The van der Waals surface area contributed by atoms with Crippen molar-refractivity contribution in [1.82, 2.24) is 15.3 Å². The highest BCUT2D eigenvalue weighted by Gasteiger charge is 2.09. The first-order valence-corrected chi connectivity index (χ1v) is 5.96. The Balaban J connectivity index is 2.05. The van der Waals surface area contributed by atoms with E-state index in [2.05, 4.69) is 15.3 Å². The summed E-state index contributed by atoms with van der Waals surface area (Å²) < 4.78 is 0. The Morgan fingerprint density at radius 2 is 2.00 bits per heavy atom. The fourth-order valence-electron chi connectivity index (χ4n) is 1.67. The number of rotatable bonds is 4. The molecule has 0 unspecified atom stereocenters. The monoisotopic (exact) mass is 271 g/mol. The van der Waals surface area contributed by atoms with E-state index < -0.39 is 5.97 Å². The third-order valence-corrected chi connectivity index (χ3v) is 2.64. The standard InChI is InChI=1S/C14H13N3O3/c1-9-15-6-5-12(17-9)8-16-13(18)10-3-2-4-11(7-10)14(19)20/h2-7H,8H2,1H3,(H,16,18)(H,19,20). The van der Waals surface area contributed by atoms with E-state index >= 15 is 0 Å². The molecule has 0 saturated heterocycles. The van der Waals surface area contributed by atoms with Crippen LogP contribution in [0.5, 0.6) is 0 Å². The molecule has 0 radical (unpaired) electrons. The summed E-state index contributed by atoms with van der Waals surface area (Å²) in [6.07, 6.45) is 1.62. The first-order valence-electron chi connectivity index (χ1n) is 5.96. The van der Waals surface area contributed by atoms with E-state index in [4.69, 9.17) is 5.11 Å². The van der Waals surface area contributed by atoms with E-state index in [1.165, 1.54) is 18.2 Å². The zero-order chi connectivity index (χ0) is 14.5. The number of nitrogens with zero attached hydrogens (tertiary/aromatic N) is 2. The van der Waals surface area contributed by atoms with E-state index in [-0.39, 0.29) is 18.0 Å². The number of amides is 1. The molecule has 6 heteroatoms.